The number of carboxylic acids is 1. The van der Waals surface area contributed by atoms with Gasteiger partial charge in [-0.3, -0.25) is 0 Å². The Morgan fingerprint density at radius 2 is 2.50 bits per heavy atom. The average Bonchev–Trinajstić information content (AvgIpc) is 2.60. The van der Waals surface area contributed by atoms with E-state index in [1.165, 1.54) is 6.08 Å². The highest BCUT2D eigenvalue weighted by Crippen LogP contribution is 2.00. The van der Waals surface area contributed by atoms with Gasteiger partial charge in [0, 0.05) is 25.4 Å². The van der Waals surface area contributed by atoms with Gasteiger partial charge in [-0.1, -0.05) is 0 Å². The molecule has 0 aliphatic heterocycles. The van der Waals surface area contributed by atoms with Crippen molar-refractivity contribution in [3.05, 3.63) is 30.0 Å². The number of aliphatic carboxylic acids is 1. The summed E-state index contributed by atoms with van der Waals surface area (Å²) in [5.41, 5.74) is 5.11. The van der Waals surface area contributed by atoms with Crippen LogP contribution in [0.4, 0.5) is 0 Å². The molecule has 0 aliphatic rings. The average molecular weight is 195 g/mol. The molecular formula is C9H13N3O2. The second kappa shape index (κ2) is 4.45. The lowest BCUT2D eigenvalue weighted by atomic mass is 10.3. The van der Waals surface area contributed by atoms with E-state index in [1.807, 2.05) is 17.7 Å². The highest BCUT2D eigenvalue weighted by Gasteiger charge is 2.02. The molecule has 0 bridgehead atoms. The van der Waals surface area contributed by atoms with Gasteiger partial charge in [-0.15, -0.1) is 0 Å². The van der Waals surface area contributed by atoms with Crippen LogP contribution in [0.2, 0.25) is 0 Å². The van der Waals surface area contributed by atoms with Crippen LogP contribution in [0.25, 0.3) is 0 Å². The molecule has 0 saturated carbocycles. The number of carboxylic acid groups (broad SMARTS) is 1. The summed E-state index contributed by atoms with van der Waals surface area (Å²) in [5.74, 6) is -0.281. The zero-order valence-corrected chi connectivity index (χ0v) is 7.97. The topological polar surface area (TPSA) is 81.1 Å². The quantitative estimate of drug-likeness (QED) is 0.680. The van der Waals surface area contributed by atoms with Crippen LogP contribution in [0.15, 0.2) is 24.2 Å². The highest BCUT2D eigenvalue weighted by atomic mass is 16.4. The third kappa shape index (κ3) is 2.35. The van der Waals surface area contributed by atoms with Crippen LogP contribution >= 0.6 is 0 Å². The van der Waals surface area contributed by atoms with Crippen molar-refractivity contribution in [2.45, 2.75) is 19.9 Å². The van der Waals surface area contributed by atoms with Crippen LogP contribution < -0.4 is 5.73 Å². The molecule has 1 rings (SSSR count). The molecule has 0 amide bonds. The Balaban J connectivity index is 2.70. The van der Waals surface area contributed by atoms with Crippen molar-refractivity contribution in [3.8, 4) is 0 Å². The van der Waals surface area contributed by atoms with Crippen molar-refractivity contribution in [2.24, 2.45) is 5.73 Å². The molecule has 0 fully saturated rings. The molecule has 3 N–H and O–H groups in total. The van der Waals surface area contributed by atoms with E-state index in [2.05, 4.69) is 4.98 Å². The first kappa shape index (κ1) is 10.3. The lowest BCUT2D eigenvalue weighted by Gasteiger charge is -2.01. The number of nitrogens with two attached hydrogens (primary N) is 1. The van der Waals surface area contributed by atoms with Gasteiger partial charge in [0.2, 0.25) is 0 Å². The minimum atomic E-state index is -1.10. The van der Waals surface area contributed by atoms with Gasteiger partial charge in [0.15, 0.2) is 0 Å². The lowest BCUT2D eigenvalue weighted by Crippen LogP contribution is -2.10. The third-order valence-corrected chi connectivity index (χ3v) is 1.89. The second-order valence-corrected chi connectivity index (χ2v) is 2.80. The Morgan fingerprint density at radius 3 is 3.07 bits per heavy atom. The maximum absolute atomic E-state index is 10.4. The Kier molecular flexibility index (Phi) is 3.28. The summed E-state index contributed by atoms with van der Waals surface area (Å²) in [6, 6.07) is 0. The molecule has 0 saturated heterocycles. The first-order valence-electron chi connectivity index (χ1n) is 4.34. The zero-order chi connectivity index (χ0) is 10.6. The molecule has 14 heavy (non-hydrogen) atoms. The van der Waals surface area contributed by atoms with E-state index in [0.29, 0.717) is 6.42 Å². The van der Waals surface area contributed by atoms with Crippen LogP contribution in [0.3, 0.4) is 0 Å². The maximum atomic E-state index is 10.4. The van der Waals surface area contributed by atoms with Crippen molar-refractivity contribution in [1.82, 2.24) is 9.55 Å². The lowest BCUT2D eigenvalue weighted by molar-refractivity contribution is -0.132. The standard InChI is InChI=1S/C9H13N3O2/c1-2-12-6-5-11-8(12)4-3-7(10)9(13)14/h3,5-6H,2,4,10H2,1H3,(H,13,14)/b7-3+. The van der Waals surface area contributed by atoms with Crippen molar-refractivity contribution >= 4 is 5.97 Å². The molecule has 0 atom stereocenters. The molecular weight excluding hydrogens is 182 g/mol. The number of aryl methyl sites for hydroxylation is 1. The number of hydrogen-bond donors (Lipinski definition) is 2. The predicted octanol–water partition coefficient (Wildman–Crippen LogP) is 0.373. The monoisotopic (exact) mass is 195 g/mol. The Morgan fingerprint density at radius 1 is 1.79 bits per heavy atom. The number of imidazole rings is 1. The molecule has 0 aromatic carbocycles. The molecule has 5 heteroatoms. The summed E-state index contributed by atoms with van der Waals surface area (Å²) in [5, 5.41) is 8.52. The molecule has 1 aromatic rings. The van der Waals surface area contributed by atoms with E-state index in [0.717, 1.165) is 12.4 Å². The van der Waals surface area contributed by atoms with Crippen molar-refractivity contribution in [2.75, 3.05) is 0 Å². The van der Waals surface area contributed by atoms with E-state index in [-0.39, 0.29) is 5.70 Å². The smallest absolute Gasteiger partial charge is 0.351 e. The maximum Gasteiger partial charge on any atom is 0.351 e. The number of hydrogen-bond acceptors (Lipinski definition) is 3. The molecule has 0 radical (unpaired) electrons. The zero-order valence-electron chi connectivity index (χ0n) is 7.97. The van der Waals surface area contributed by atoms with Crippen LogP contribution in [-0.2, 0) is 17.8 Å². The summed E-state index contributed by atoms with van der Waals surface area (Å²) in [7, 11) is 0. The van der Waals surface area contributed by atoms with Gasteiger partial charge in [0.1, 0.15) is 11.5 Å². The summed E-state index contributed by atoms with van der Waals surface area (Å²) in [4.78, 5) is 14.5. The Hall–Kier alpha value is -1.78. The normalized spacial score (nSPS) is 11.6. The fraction of sp³-hybridized carbons (Fsp3) is 0.333. The van der Waals surface area contributed by atoms with E-state index in [4.69, 9.17) is 10.8 Å². The Labute approximate surface area is 81.9 Å². The van der Waals surface area contributed by atoms with Crippen LogP contribution in [0.5, 0.6) is 0 Å². The van der Waals surface area contributed by atoms with E-state index in [9.17, 15) is 4.79 Å². The predicted molar refractivity (Wildman–Crippen MR) is 51.5 cm³/mol. The van der Waals surface area contributed by atoms with Gasteiger partial charge >= 0.3 is 5.97 Å². The van der Waals surface area contributed by atoms with Gasteiger partial charge in [-0.05, 0) is 13.0 Å². The third-order valence-electron chi connectivity index (χ3n) is 1.89. The summed E-state index contributed by atoms with van der Waals surface area (Å²) >= 11 is 0. The molecule has 0 aliphatic carbocycles. The molecule has 5 nitrogen and oxygen atoms in total. The number of nitrogens with zero attached hydrogens (tertiary/aromatic N) is 2. The molecule has 0 spiro atoms. The number of carbonyl (C=O) groups is 1. The van der Waals surface area contributed by atoms with Crippen LogP contribution in [0.1, 0.15) is 12.7 Å². The minimum Gasteiger partial charge on any atom is -0.477 e. The molecule has 1 heterocycles. The summed E-state index contributed by atoms with van der Waals surface area (Å²) < 4.78 is 1.94. The fourth-order valence-corrected chi connectivity index (χ4v) is 1.11. The van der Waals surface area contributed by atoms with Gasteiger partial charge in [-0.25, -0.2) is 9.78 Å². The van der Waals surface area contributed by atoms with E-state index >= 15 is 0 Å². The highest BCUT2D eigenvalue weighted by molar-refractivity contribution is 5.85. The number of rotatable bonds is 4. The SMILES string of the molecule is CCn1ccnc1C/C=C(/N)C(=O)O. The van der Waals surface area contributed by atoms with Crippen LogP contribution in [-0.4, -0.2) is 20.6 Å². The minimum absolute atomic E-state index is 0.143. The van der Waals surface area contributed by atoms with E-state index in [1.54, 1.807) is 6.20 Å². The van der Waals surface area contributed by atoms with Gasteiger partial charge in [0.05, 0.1) is 0 Å². The van der Waals surface area contributed by atoms with Crippen molar-refractivity contribution in [3.63, 3.8) is 0 Å². The van der Waals surface area contributed by atoms with Crippen LogP contribution in [0, 0.1) is 0 Å². The summed E-state index contributed by atoms with van der Waals surface area (Å²) in [6.45, 7) is 2.81. The van der Waals surface area contributed by atoms with E-state index < -0.39 is 5.97 Å². The van der Waals surface area contributed by atoms with Crippen molar-refractivity contribution < 1.29 is 9.90 Å². The first-order valence-corrected chi connectivity index (χ1v) is 4.34. The van der Waals surface area contributed by atoms with Gasteiger partial charge < -0.3 is 15.4 Å². The second-order valence-electron chi connectivity index (χ2n) is 2.80. The number of aromatic nitrogens is 2. The fourth-order valence-electron chi connectivity index (χ4n) is 1.11. The van der Waals surface area contributed by atoms with Crippen molar-refractivity contribution in [1.29, 1.82) is 0 Å². The van der Waals surface area contributed by atoms with Gasteiger partial charge in [0.25, 0.3) is 0 Å². The molecule has 76 valence electrons. The van der Waals surface area contributed by atoms with Gasteiger partial charge in [-0.2, -0.15) is 0 Å². The molecule has 0 unspecified atom stereocenters. The molecule has 1 aromatic heterocycles. The largest absolute Gasteiger partial charge is 0.477 e. The Bertz CT molecular complexity index is 355. The summed E-state index contributed by atoms with van der Waals surface area (Å²) in [6.07, 6.45) is 5.43. The first-order chi connectivity index (χ1) is 6.65. The number of allylic oxidation sites excluding steroid dienone is 1.